The van der Waals surface area contributed by atoms with E-state index in [0.717, 1.165) is 0 Å². The Balaban J connectivity index is 1.73. The number of nitrogens with two attached hydrogens (primary N) is 1. The van der Waals surface area contributed by atoms with Crippen LogP contribution in [0.5, 0.6) is 5.75 Å². The van der Waals surface area contributed by atoms with Crippen LogP contribution in [0.2, 0.25) is 0 Å². The highest BCUT2D eigenvalue weighted by atomic mass is 19.3. The number of nitrogens with one attached hydrogen (secondary N) is 1. The van der Waals surface area contributed by atoms with Crippen molar-refractivity contribution in [1.82, 2.24) is 14.9 Å². The summed E-state index contributed by atoms with van der Waals surface area (Å²) in [6.45, 7) is 5.18. The molecule has 4 rings (SSSR count). The number of fused-ring (bicyclic) bond motifs is 1. The average molecular weight is 544 g/mol. The number of anilines is 2. The van der Waals surface area contributed by atoms with Gasteiger partial charge < -0.3 is 30.5 Å². The number of hydrogen-bond donors (Lipinski definition) is 3. The molecule has 1 aromatic heterocycles. The summed E-state index contributed by atoms with van der Waals surface area (Å²) in [5.41, 5.74) is 6.47. The van der Waals surface area contributed by atoms with E-state index in [1.165, 1.54) is 33.3 Å². The van der Waals surface area contributed by atoms with Crippen molar-refractivity contribution < 1.29 is 28.2 Å². The van der Waals surface area contributed by atoms with Crippen LogP contribution in [0, 0.1) is 6.92 Å². The van der Waals surface area contributed by atoms with Crippen molar-refractivity contribution in [2.45, 2.75) is 51.2 Å². The predicted molar refractivity (Wildman–Crippen MR) is 145 cm³/mol. The van der Waals surface area contributed by atoms with Crippen LogP contribution in [0.15, 0.2) is 30.3 Å². The molecular weight excluding hydrogens is 508 g/mol. The predicted octanol–water partition coefficient (Wildman–Crippen LogP) is 4.27. The zero-order chi connectivity index (χ0) is 28.5. The lowest BCUT2D eigenvalue weighted by atomic mass is 9.83. The van der Waals surface area contributed by atoms with Crippen molar-refractivity contribution in [2.24, 2.45) is 0 Å². The molecule has 11 heteroatoms. The van der Waals surface area contributed by atoms with Crippen molar-refractivity contribution >= 4 is 28.3 Å². The number of benzene rings is 2. The third-order valence-electron chi connectivity index (χ3n) is 7.24. The molecule has 4 N–H and O–H groups in total. The number of aryl methyl sites for hydroxylation is 1. The first-order valence-electron chi connectivity index (χ1n) is 12.8. The van der Waals surface area contributed by atoms with Crippen LogP contribution in [-0.2, 0) is 21.1 Å². The molecule has 9 nitrogen and oxygen atoms in total. The van der Waals surface area contributed by atoms with Crippen molar-refractivity contribution in [3.63, 3.8) is 0 Å². The first-order chi connectivity index (χ1) is 18.4. The lowest BCUT2D eigenvalue weighted by Crippen LogP contribution is -2.44. The number of methoxy groups -OCH3 is 2. The van der Waals surface area contributed by atoms with Crippen molar-refractivity contribution in [1.29, 1.82) is 0 Å². The minimum Gasteiger partial charge on any atom is -0.496 e. The number of halogens is 2. The average Bonchev–Trinajstić information content (AvgIpc) is 2.87. The summed E-state index contributed by atoms with van der Waals surface area (Å²) < 4.78 is 39.5. The zero-order valence-corrected chi connectivity index (χ0v) is 22.8. The Labute approximate surface area is 226 Å². The number of hydrogen-bond acceptors (Lipinski definition) is 8. The maximum absolute atomic E-state index is 14.6. The van der Waals surface area contributed by atoms with Gasteiger partial charge in [0, 0.05) is 55.4 Å². The SMILES string of the molecule is COCC(F)(F)c1cc(N)cc([C@@H](C)Nc2nc(C)nc3cc(OC)c(C4(O)CCN(C(C)=O)CC4)cc23)c1. The molecule has 1 aliphatic heterocycles. The van der Waals surface area contributed by atoms with Gasteiger partial charge in [-0.05, 0) is 56.5 Å². The molecule has 0 spiro atoms. The first-order valence-corrected chi connectivity index (χ1v) is 12.8. The minimum atomic E-state index is -3.20. The molecule has 1 aliphatic rings. The Morgan fingerprint density at radius 3 is 2.51 bits per heavy atom. The van der Waals surface area contributed by atoms with Gasteiger partial charge in [0.2, 0.25) is 5.91 Å². The molecule has 0 saturated carbocycles. The van der Waals surface area contributed by atoms with E-state index in [0.29, 0.717) is 65.4 Å². The van der Waals surface area contributed by atoms with Gasteiger partial charge in [-0.3, -0.25) is 4.79 Å². The number of piperidine rings is 1. The maximum Gasteiger partial charge on any atom is 0.296 e. The lowest BCUT2D eigenvalue weighted by Gasteiger charge is -2.38. The normalized spacial score (nSPS) is 16.3. The van der Waals surface area contributed by atoms with E-state index in [9.17, 15) is 18.7 Å². The second-order valence-corrected chi connectivity index (χ2v) is 10.1. The molecule has 2 heterocycles. The van der Waals surface area contributed by atoms with Crippen LogP contribution in [0.3, 0.4) is 0 Å². The molecule has 1 fully saturated rings. The fourth-order valence-corrected chi connectivity index (χ4v) is 5.07. The summed E-state index contributed by atoms with van der Waals surface area (Å²) >= 11 is 0. The van der Waals surface area contributed by atoms with Crippen LogP contribution >= 0.6 is 0 Å². The third-order valence-corrected chi connectivity index (χ3v) is 7.24. The van der Waals surface area contributed by atoms with E-state index in [1.807, 2.05) is 13.0 Å². The molecule has 1 atom stereocenters. The third kappa shape index (κ3) is 5.89. The van der Waals surface area contributed by atoms with Gasteiger partial charge >= 0.3 is 0 Å². The molecule has 1 amide bonds. The maximum atomic E-state index is 14.6. The van der Waals surface area contributed by atoms with Crippen molar-refractivity contribution in [3.8, 4) is 5.75 Å². The summed E-state index contributed by atoms with van der Waals surface area (Å²) in [4.78, 5) is 22.7. The summed E-state index contributed by atoms with van der Waals surface area (Å²) in [5, 5.41) is 15.6. The summed E-state index contributed by atoms with van der Waals surface area (Å²) in [7, 11) is 2.75. The quantitative estimate of drug-likeness (QED) is 0.360. The van der Waals surface area contributed by atoms with Gasteiger partial charge in [0.1, 0.15) is 24.0 Å². The largest absolute Gasteiger partial charge is 0.496 e. The monoisotopic (exact) mass is 543 g/mol. The van der Waals surface area contributed by atoms with Gasteiger partial charge in [-0.2, -0.15) is 8.78 Å². The number of aliphatic hydroxyl groups is 1. The van der Waals surface area contributed by atoms with E-state index < -0.39 is 24.2 Å². The molecule has 0 radical (unpaired) electrons. The van der Waals surface area contributed by atoms with Crippen LogP contribution in [0.1, 0.15) is 55.2 Å². The molecular formula is C28H35F2N5O4. The van der Waals surface area contributed by atoms with Gasteiger partial charge in [0.05, 0.1) is 24.3 Å². The molecule has 210 valence electrons. The molecule has 2 aromatic carbocycles. The zero-order valence-electron chi connectivity index (χ0n) is 22.8. The number of likely N-dealkylation sites (tertiary alicyclic amines) is 1. The number of amides is 1. The fraction of sp³-hybridized carbons (Fsp3) is 0.464. The highest BCUT2D eigenvalue weighted by molar-refractivity contribution is 5.91. The number of nitrogen functional groups attached to an aromatic ring is 1. The van der Waals surface area contributed by atoms with Gasteiger partial charge in [0.25, 0.3) is 5.92 Å². The Morgan fingerprint density at radius 2 is 1.90 bits per heavy atom. The number of nitrogens with zero attached hydrogens (tertiary/aromatic N) is 3. The second-order valence-electron chi connectivity index (χ2n) is 10.1. The highest BCUT2D eigenvalue weighted by Crippen LogP contribution is 2.41. The number of aromatic nitrogens is 2. The summed E-state index contributed by atoms with van der Waals surface area (Å²) in [6.07, 6.45) is 0.699. The number of alkyl halides is 2. The van der Waals surface area contributed by atoms with Crippen LogP contribution in [0.4, 0.5) is 20.3 Å². The van der Waals surface area contributed by atoms with E-state index in [2.05, 4.69) is 15.3 Å². The Hall–Kier alpha value is -3.57. The van der Waals surface area contributed by atoms with E-state index in [1.54, 1.807) is 24.0 Å². The molecule has 3 aromatic rings. The fourth-order valence-electron chi connectivity index (χ4n) is 5.07. The number of carbonyl (C=O) groups excluding carboxylic acids is 1. The molecule has 0 unspecified atom stereocenters. The van der Waals surface area contributed by atoms with Gasteiger partial charge in [-0.25, -0.2) is 9.97 Å². The van der Waals surface area contributed by atoms with E-state index in [4.69, 9.17) is 15.2 Å². The highest BCUT2D eigenvalue weighted by Gasteiger charge is 2.38. The van der Waals surface area contributed by atoms with Crippen LogP contribution in [-0.4, -0.2) is 59.8 Å². The molecule has 0 aliphatic carbocycles. The van der Waals surface area contributed by atoms with Gasteiger partial charge in [-0.1, -0.05) is 0 Å². The Morgan fingerprint density at radius 1 is 1.21 bits per heavy atom. The first kappa shape index (κ1) is 28.4. The van der Waals surface area contributed by atoms with Crippen molar-refractivity contribution in [3.05, 3.63) is 52.8 Å². The lowest BCUT2D eigenvalue weighted by molar-refractivity contribution is -0.133. The van der Waals surface area contributed by atoms with Gasteiger partial charge in [0.15, 0.2) is 0 Å². The standard InChI is InChI=1S/C28H35F2N5O4/c1-16(19-10-20(12-21(31)11-19)28(29,30)15-38-4)32-26-22-13-23(25(39-5)14-24(22)33-17(2)34-26)27(37)6-8-35(9-7-27)18(3)36/h10-14,16,37H,6-9,15,31H2,1-5H3,(H,32,33,34)/t16-/m1/s1. The number of rotatable bonds is 8. The van der Waals surface area contributed by atoms with Crippen molar-refractivity contribution in [2.75, 3.05) is 45.0 Å². The number of carbonyl (C=O) groups is 1. The number of ether oxygens (including phenoxy) is 2. The van der Waals surface area contributed by atoms with E-state index in [-0.39, 0.29) is 17.2 Å². The Kier molecular flexibility index (Phi) is 7.94. The van der Waals surface area contributed by atoms with E-state index >= 15 is 0 Å². The second kappa shape index (κ2) is 10.9. The molecule has 1 saturated heterocycles. The summed E-state index contributed by atoms with van der Waals surface area (Å²) in [6, 6.07) is 7.41. The molecule has 0 bridgehead atoms. The minimum absolute atomic E-state index is 0.0310. The smallest absolute Gasteiger partial charge is 0.296 e. The van der Waals surface area contributed by atoms with Crippen LogP contribution in [0.25, 0.3) is 10.9 Å². The molecule has 39 heavy (non-hydrogen) atoms. The van der Waals surface area contributed by atoms with Gasteiger partial charge in [-0.15, -0.1) is 0 Å². The summed E-state index contributed by atoms with van der Waals surface area (Å²) in [5.74, 6) is -1.77. The topological polar surface area (TPSA) is 123 Å². The Bertz CT molecular complexity index is 1380. The van der Waals surface area contributed by atoms with Crippen LogP contribution < -0.4 is 15.8 Å².